The molecule has 186 valence electrons. The fourth-order valence-electron chi connectivity index (χ4n) is 4.40. The molecule has 1 atom stereocenters. The Labute approximate surface area is 195 Å². The standard InChI is InChI=1S/C28H56O3/c1-4-5-6-7-8-9-10-11-12-13-14-15-16-17-18-19-20-21-22-23-24-25-26-27(30-2)28(29)31-3/h27H,4-26H2,1-3H3/t27-/m0/s1. The summed E-state index contributed by atoms with van der Waals surface area (Å²) in [6.07, 6.45) is 31.1. The van der Waals surface area contributed by atoms with E-state index in [9.17, 15) is 4.79 Å². The molecule has 3 nitrogen and oxygen atoms in total. The number of ether oxygens (including phenoxy) is 2. The quantitative estimate of drug-likeness (QED) is 0.105. The van der Waals surface area contributed by atoms with E-state index >= 15 is 0 Å². The Hall–Kier alpha value is -0.570. The van der Waals surface area contributed by atoms with Crippen LogP contribution in [0.5, 0.6) is 0 Å². The van der Waals surface area contributed by atoms with Gasteiger partial charge >= 0.3 is 5.97 Å². The molecule has 31 heavy (non-hydrogen) atoms. The monoisotopic (exact) mass is 440 g/mol. The molecule has 0 spiro atoms. The van der Waals surface area contributed by atoms with Crippen LogP contribution in [0, 0.1) is 0 Å². The van der Waals surface area contributed by atoms with Crippen molar-refractivity contribution in [3.63, 3.8) is 0 Å². The van der Waals surface area contributed by atoms with Crippen LogP contribution in [0.4, 0.5) is 0 Å². The molecule has 0 bridgehead atoms. The zero-order valence-corrected chi connectivity index (χ0v) is 21.6. The Balaban J connectivity index is 3.13. The summed E-state index contributed by atoms with van der Waals surface area (Å²) in [6.45, 7) is 2.29. The maximum atomic E-state index is 11.4. The van der Waals surface area contributed by atoms with Crippen LogP contribution in [-0.2, 0) is 14.3 Å². The molecule has 0 aliphatic rings. The molecular weight excluding hydrogens is 384 g/mol. The van der Waals surface area contributed by atoms with Gasteiger partial charge < -0.3 is 9.47 Å². The van der Waals surface area contributed by atoms with E-state index < -0.39 is 0 Å². The summed E-state index contributed by atoms with van der Waals surface area (Å²) in [5.41, 5.74) is 0. The third kappa shape index (κ3) is 22.4. The van der Waals surface area contributed by atoms with Gasteiger partial charge in [0.2, 0.25) is 0 Å². The highest BCUT2D eigenvalue weighted by molar-refractivity contribution is 5.74. The van der Waals surface area contributed by atoms with Gasteiger partial charge in [-0.25, -0.2) is 4.79 Å². The van der Waals surface area contributed by atoms with Gasteiger partial charge in [-0.1, -0.05) is 148 Å². The highest BCUT2D eigenvalue weighted by Gasteiger charge is 2.17. The van der Waals surface area contributed by atoms with E-state index in [0.717, 1.165) is 12.8 Å². The maximum Gasteiger partial charge on any atom is 0.334 e. The van der Waals surface area contributed by atoms with Gasteiger partial charge in [0, 0.05) is 7.11 Å². The molecule has 0 N–H and O–H groups in total. The van der Waals surface area contributed by atoms with Crippen molar-refractivity contribution in [2.45, 2.75) is 161 Å². The van der Waals surface area contributed by atoms with Gasteiger partial charge in [-0.15, -0.1) is 0 Å². The van der Waals surface area contributed by atoms with E-state index in [1.807, 2.05) is 0 Å². The van der Waals surface area contributed by atoms with Gasteiger partial charge in [0.1, 0.15) is 0 Å². The van der Waals surface area contributed by atoms with Crippen molar-refractivity contribution >= 4 is 5.97 Å². The molecule has 0 saturated heterocycles. The minimum atomic E-state index is -0.380. The summed E-state index contributed by atoms with van der Waals surface area (Å²) in [7, 11) is 3.01. The number of hydrogen-bond acceptors (Lipinski definition) is 3. The van der Waals surface area contributed by atoms with Crippen molar-refractivity contribution in [2.75, 3.05) is 14.2 Å². The van der Waals surface area contributed by atoms with Gasteiger partial charge in [0.15, 0.2) is 6.10 Å². The highest BCUT2D eigenvalue weighted by atomic mass is 16.6. The van der Waals surface area contributed by atoms with Gasteiger partial charge in [0.05, 0.1) is 7.11 Å². The first kappa shape index (κ1) is 30.4. The van der Waals surface area contributed by atoms with Crippen LogP contribution >= 0.6 is 0 Å². The second-order valence-electron chi connectivity index (χ2n) is 9.46. The first-order valence-electron chi connectivity index (χ1n) is 13.9. The van der Waals surface area contributed by atoms with Crippen LogP contribution in [0.25, 0.3) is 0 Å². The third-order valence-electron chi connectivity index (χ3n) is 6.57. The number of rotatable bonds is 25. The van der Waals surface area contributed by atoms with Gasteiger partial charge in [-0.2, -0.15) is 0 Å². The van der Waals surface area contributed by atoms with E-state index in [1.165, 1.54) is 142 Å². The molecule has 0 aromatic carbocycles. The number of methoxy groups -OCH3 is 2. The lowest BCUT2D eigenvalue weighted by Crippen LogP contribution is -2.24. The summed E-state index contributed by atoms with van der Waals surface area (Å²) in [6, 6.07) is 0. The molecule has 0 radical (unpaired) electrons. The molecule has 0 aromatic rings. The molecule has 0 aliphatic heterocycles. The molecule has 3 heteroatoms. The van der Waals surface area contributed by atoms with Crippen LogP contribution in [-0.4, -0.2) is 26.3 Å². The molecule has 0 saturated carbocycles. The molecule has 0 unspecified atom stereocenters. The summed E-state index contributed by atoms with van der Waals surface area (Å²) < 4.78 is 9.91. The predicted octanol–water partition coefficient (Wildman–Crippen LogP) is 9.17. The Kier molecular flexibility index (Phi) is 25.2. The number of unbranched alkanes of at least 4 members (excludes halogenated alkanes) is 21. The van der Waals surface area contributed by atoms with Crippen LogP contribution in [0.3, 0.4) is 0 Å². The van der Waals surface area contributed by atoms with E-state index in [1.54, 1.807) is 7.11 Å². The van der Waals surface area contributed by atoms with Crippen LogP contribution < -0.4 is 0 Å². The lowest BCUT2D eigenvalue weighted by atomic mass is 10.0. The van der Waals surface area contributed by atoms with Crippen LogP contribution in [0.15, 0.2) is 0 Å². The zero-order valence-electron chi connectivity index (χ0n) is 21.6. The number of hydrogen-bond donors (Lipinski definition) is 0. The Morgan fingerprint density at radius 1 is 0.516 bits per heavy atom. The smallest absolute Gasteiger partial charge is 0.334 e. The average molecular weight is 441 g/mol. The number of esters is 1. The SMILES string of the molecule is CCCCCCCCCCCCCCCCCCCCCCCC[C@H](OC)C(=O)OC. The second-order valence-corrected chi connectivity index (χ2v) is 9.46. The normalized spacial score (nSPS) is 12.2. The van der Waals surface area contributed by atoms with Crippen LogP contribution in [0.1, 0.15) is 155 Å². The van der Waals surface area contributed by atoms with Crippen LogP contribution in [0.2, 0.25) is 0 Å². The number of carbonyl (C=O) groups excluding carboxylic acids is 1. The Bertz CT molecular complexity index is 356. The summed E-state index contributed by atoms with van der Waals surface area (Å²) in [5, 5.41) is 0. The van der Waals surface area contributed by atoms with Crippen molar-refractivity contribution in [2.24, 2.45) is 0 Å². The molecular formula is C28H56O3. The largest absolute Gasteiger partial charge is 0.467 e. The lowest BCUT2D eigenvalue weighted by Gasteiger charge is -2.12. The lowest BCUT2D eigenvalue weighted by molar-refractivity contribution is -0.152. The zero-order chi connectivity index (χ0) is 22.8. The van der Waals surface area contributed by atoms with E-state index in [-0.39, 0.29) is 12.1 Å². The fraction of sp³-hybridized carbons (Fsp3) is 0.964. The fourth-order valence-corrected chi connectivity index (χ4v) is 4.40. The second kappa shape index (κ2) is 25.7. The molecule has 0 aliphatic carbocycles. The Morgan fingerprint density at radius 3 is 1.06 bits per heavy atom. The Morgan fingerprint density at radius 2 is 0.806 bits per heavy atom. The highest BCUT2D eigenvalue weighted by Crippen LogP contribution is 2.16. The molecule has 0 rings (SSSR count). The topological polar surface area (TPSA) is 35.5 Å². The minimum absolute atomic E-state index is 0.244. The summed E-state index contributed by atoms with van der Waals surface area (Å²) >= 11 is 0. The van der Waals surface area contributed by atoms with Crippen molar-refractivity contribution in [1.82, 2.24) is 0 Å². The van der Waals surface area contributed by atoms with Gasteiger partial charge in [-0.3, -0.25) is 0 Å². The molecule has 0 fully saturated rings. The van der Waals surface area contributed by atoms with E-state index in [2.05, 4.69) is 6.92 Å². The first-order chi connectivity index (χ1) is 15.3. The summed E-state index contributed by atoms with van der Waals surface area (Å²) in [4.78, 5) is 11.4. The van der Waals surface area contributed by atoms with Crippen molar-refractivity contribution in [1.29, 1.82) is 0 Å². The van der Waals surface area contributed by atoms with Crippen molar-refractivity contribution in [3.8, 4) is 0 Å². The molecule has 0 amide bonds. The molecule has 0 aromatic heterocycles. The third-order valence-corrected chi connectivity index (χ3v) is 6.57. The minimum Gasteiger partial charge on any atom is -0.467 e. The van der Waals surface area contributed by atoms with E-state index in [4.69, 9.17) is 9.47 Å². The van der Waals surface area contributed by atoms with Crippen molar-refractivity contribution in [3.05, 3.63) is 0 Å². The predicted molar refractivity (Wildman–Crippen MR) is 135 cm³/mol. The van der Waals surface area contributed by atoms with E-state index in [0.29, 0.717) is 0 Å². The average Bonchev–Trinajstić information content (AvgIpc) is 2.79. The molecule has 0 heterocycles. The summed E-state index contributed by atoms with van der Waals surface area (Å²) in [5.74, 6) is -0.244. The number of carbonyl (C=O) groups is 1. The first-order valence-corrected chi connectivity index (χ1v) is 13.9. The van der Waals surface area contributed by atoms with Crippen molar-refractivity contribution < 1.29 is 14.3 Å². The maximum absolute atomic E-state index is 11.4. The van der Waals surface area contributed by atoms with Gasteiger partial charge in [0.25, 0.3) is 0 Å². The van der Waals surface area contributed by atoms with Gasteiger partial charge in [-0.05, 0) is 6.42 Å².